The molecular weight excluding hydrogens is 424 g/mol. The molecule has 7 heteroatoms. The average Bonchev–Trinajstić information content (AvgIpc) is 3.37. The minimum absolute atomic E-state index is 0.238. The first-order valence-electron chi connectivity index (χ1n) is 10.7. The molecule has 3 aromatic carbocycles. The van der Waals surface area contributed by atoms with E-state index >= 15 is 0 Å². The van der Waals surface area contributed by atoms with Gasteiger partial charge in [-0.25, -0.2) is 8.42 Å². The molecule has 1 fully saturated rings. The van der Waals surface area contributed by atoms with Crippen molar-refractivity contribution in [2.45, 2.75) is 24.2 Å². The van der Waals surface area contributed by atoms with Crippen LogP contribution < -0.4 is 10.1 Å². The molecule has 166 valence electrons. The zero-order valence-corrected chi connectivity index (χ0v) is 18.6. The van der Waals surface area contributed by atoms with E-state index in [2.05, 4.69) is 5.32 Å². The monoisotopic (exact) mass is 450 g/mol. The Bertz CT molecular complexity index is 1160. The summed E-state index contributed by atoms with van der Waals surface area (Å²) in [7, 11) is -3.48. The average molecular weight is 451 g/mol. The molecule has 0 unspecified atom stereocenters. The second kappa shape index (κ2) is 9.97. The molecule has 0 aliphatic carbocycles. The fourth-order valence-electron chi connectivity index (χ4n) is 3.69. The highest BCUT2D eigenvalue weighted by Gasteiger charge is 2.27. The summed E-state index contributed by atoms with van der Waals surface area (Å²) in [5.74, 6) is 0.199. The molecule has 4 rings (SSSR count). The molecule has 0 saturated carbocycles. The van der Waals surface area contributed by atoms with Gasteiger partial charge in [-0.05, 0) is 54.8 Å². The molecule has 1 N–H and O–H groups in total. The van der Waals surface area contributed by atoms with Gasteiger partial charge in [0.2, 0.25) is 10.0 Å². The zero-order valence-electron chi connectivity index (χ0n) is 17.7. The van der Waals surface area contributed by atoms with E-state index in [0.717, 1.165) is 19.3 Å². The molecule has 1 saturated heterocycles. The molecule has 3 aromatic rings. The first-order chi connectivity index (χ1) is 15.5. The second-order valence-corrected chi connectivity index (χ2v) is 9.61. The highest BCUT2D eigenvalue weighted by Crippen LogP contribution is 2.24. The minimum atomic E-state index is -3.48. The molecule has 0 aromatic heterocycles. The fraction of sp³-hybridized carbons (Fsp3) is 0.240. The maximum Gasteiger partial charge on any atom is 0.259 e. The van der Waals surface area contributed by atoms with Gasteiger partial charge in [0, 0.05) is 25.2 Å². The van der Waals surface area contributed by atoms with Crippen LogP contribution in [0.5, 0.6) is 5.75 Å². The number of ether oxygens (including phenoxy) is 1. The van der Waals surface area contributed by atoms with Gasteiger partial charge < -0.3 is 10.1 Å². The van der Waals surface area contributed by atoms with Gasteiger partial charge in [-0.1, -0.05) is 42.5 Å². The number of nitrogens with one attached hydrogen (secondary N) is 1. The van der Waals surface area contributed by atoms with Crippen molar-refractivity contribution >= 4 is 21.6 Å². The van der Waals surface area contributed by atoms with Gasteiger partial charge in [0.05, 0.1) is 17.1 Å². The van der Waals surface area contributed by atoms with E-state index in [0.29, 0.717) is 36.7 Å². The summed E-state index contributed by atoms with van der Waals surface area (Å²) in [6.45, 7) is 1.57. The summed E-state index contributed by atoms with van der Waals surface area (Å²) < 4.78 is 32.7. The molecular formula is C25H26N2O4S. The van der Waals surface area contributed by atoms with Gasteiger partial charge in [-0.3, -0.25) is 4.79 Å². The van der Waals surface area contributed by atoms with E-state index in [-0.39, 0.29) is 10.8 Å². The third-order valence-electron chi connectivity index (χ3n) is 5.44. The number of benzene rings is 3. The fourth-order valence-corrected chi connectivity index (χ4v) is 5.21. The molecule has 1 aliphatic rings. The molecule has 6 nitrogen and oxygen atoms in total. The van der Waals surface area contributed by atoms with Crippen LogP contribution in [0.4, 0.5) is 5.69 Å². The number of para-hydroxylation sites is 1. The van der Waals surface area contributed by atoms with Crippen molar-refractivity contribution in [2.24, 2.45) is 0 Å². The number of sulfonamides is 1. The van der Waals surface area contributed by atoms with Gasteiger partial charge in [0.1, 0.15) is 5.75 Å². The first kappa shape index (κ1) is 22.0. The quantitative estimate of drug-likeness (QED) is 0.554. The van der Waals surface area contributed by atoms with E-state index in [1.54, 1.807) is 30.3 Å². The van der Waals surface area contributed by atoms with Crippen molar-refractivity contribution in [3.8, 4) is 5.75 Å². The second-order valence-electron chi connectivity index (χ2n) is 7.67. The summed E-state index contributed by atoms with van der Waals surface area (Å²) in [5.41, 5.74) is 2.11. The number of carbonyl (C=O) groups excluding carboxylic acids is 1. The number of anilines is 1. The summed E-state index contributed by atoms with van der Waals surface area (Å²) >= 11 is 0. The lowest BCUT2D eigenvalue weighted by Gasteiger charge is -2.16. The summed E-state index contributed by atoms with van der Waals surface area (Å²) in [4.78, 5) is 13.1. The third kappa shape index (κ3) is 5.18. The van der Waals surface area contributed by atoms with Crippen molar-refractivity contribution in [1.29, 1.82) is 0 Å². The van der Waals surface area contributed by atoms with Crippen LogP contribution in [0.2, 0.25) is 0 Å². The van der Waals surface area contributed by atoms with Crippen LogP contribution in [-0.2, 0) is 16.4 Å². The molecule has 0 bridgehead atoms. The maximum absolute atomic E-state index is 12.8. The van der Waals surface area contributed by atoms with Crippen LogP contribution in [0.1, 0.15) is 28.8 Å². The Morgan fingerprint density at radius 2 is 1.53 bits per heavy atom. The topological polar surface area (TPSA) is 75.7 Å². The Hall–Kier alpha value is -3.16. The number of carbonyl (C=O) groups is 1. The zero-order chi connectivity index (χ0) is 22.4. The van der Waals surface area contributed by atoms with E-state index in [1.807, 2.05) is 36.4 Å². The number of hydrogen-bond donors (Lipinski definition) is 1. The minimum Gasteiger partial charge on any atom is -0.492 e. The van der Waals surface area contributed by atoms with Crippen molar-refractivity contribution in [2.75, 3.05) is 25.0 Å². The lowest BCUT2D eigenvalue weighted by atomic mass is 10.1. The first-order valence-corrected chi connectivity index (χ1v) is 12.2. The SMILES string of the molecule is O=C(Nc1ccc(S(=O)(=O)N2CCCC2)cc1)c1ccccc1OCCc1ccccc1. The smallest absolute Gasteiger partial charge is 0.259 e. The number of rotatable bonds is 8. The third-order valence-corrected chi connectivity index (χ3v) is 7.35. The normalized spacial score (nSPS) is 14.2. The molecule has 32 heavy (non-hydrogen) atoms. The lowest BCUT2D eigenvalue weighted by Crippen LogP contribution is -2.27. The predicted molar refractivity (Wildman–Crippen MR) is 124 cm³/mol. The Morgan fingerprint density at radius 1 is 0.875 bits per heavy atom. The lowest BCUT2D eigenvalue weighted by molar-refractivity contribution is 0.102. The number of amides is 1. The van der Waals surface area contributed by atoms with Gasteiger partial charge in [-0.2, -0.15) is 4.31 Å². The molecule has 0 radical (unpaired) electrons. The summed E-state index contributed by atoms with van der Waals surface area (Å²) in [6, 6.07) is 23.4. The van der Waals surface area contributed by atoms with Crippen LogP contribution in [0, 0.1) is 0 Å². The molecule has 1 aliphatic heterocycles. The summed E-state index contributed by atoms with van der Waals surface area (Å²) in [6.07, 6.45) is 2.52. The van der Waals surface area contributed by atoms with E-state index in [9.17, 15) is 13.2 Å². The highest BCUT2D eigenvalue weighted by atomic mass is 32.2. The van der Waals surface area contributed by atoms with Crippen molar-refractivity contribution in [3.05, 3.63) is 90.0 Å². The number of nitrogens with zero attached hydrogens (tertiary/aromatic N) is 1. The molecule has 1 heterocycles. The predicted octanol–water partition coefficient (Wildman–Crippen LogP) is 4.34. The standard InChI is InChI=1S/C25H26N2O4S/c28-25(23-10-4-5-11-24(23)31-19-16-20-8-2-1-3-9-20)26-21-12-14-22(15-13-21)32(29,30)27-17-6-7-18-27/h1-5,8-15H,6-7,16-19H2,(H,26,28). The van der Waals surface area contributed by atoms with Gasteiger partial charge in [-0.15, -0.1) is 0 Å². The summed E-state index contributed by atoms with van der Waals surface area (Å²) in [5, 5.41) is 2.83. The van der Waals surface area contributed by atoms with Gasteiger partial charge in [0.25, 0.3) is 5.91 Å². The van der Waals surface area contributed by atoms with Gasteiger partial charge >= 0.3 is 0 Å². The maximum atomic E-state index is 12.8. The highest BCUT2D eigenvalue weighted by molar-refractivity contribution is 7.89. The van der Waals surface area contributed by atoms with Crippen LogP contribution in [-0.4, -0.2) is 38.3 Å². The number of hydrogen-bond acceptors (Lipinski definition) is 4. The van der Waals surface area contributed by atoms with Crippen molar-refractivity contribution in [3.63, 3.8) is 0 Å². The molecule has 1 amide bonds. The van der Waals surface area contributed by atoms with Crippen LogP contribution in [0.25, 0.3) is 0 Å². The Labute approximate surface area is 188 Å². The van der Waals surface area contributed by atoms with Crippen LogP contribution in [0.3, 0.4) is 0 Å². The molecule has 0 spiro atoms. The van der Waals surface area contributed by atoms with E-state index in [1.165, 1.54) is 22.0 Å². The van der Waals surface area contributed by atoms with Crippen molar-refractivity contribution < 1.29 is 17.9 Å². The Balaban J connectivity index is 1.40. The Kier molecular flexibility index (Phi) is 6.87. The van der Waals surface area contributed by atoms with Crippen LogP contribution in [0.15, 0.2) is 83.8 Å². The van der Waals surface area contributed by atoms with E-state index in [4.69, 9.17) is 4.74 Å². The van der Waals surface area contributed by atoms with Gasteiger partial charge in [0.15, 0.2) is 0 Å². The van der Waals surface area contributed by atoms with Crippen molar-refractivity contribution in [1.82, 2.24) is 4.31 Å². The Morgan fingerprint density at radius 3 is 2.25 bits per heavy atom. The van der Waals surface area contributed by atoms with Crippen LogP contribution >= 0.6 is 0 Å². The van der Waals surface area contributed by atoms with E-state index < -0.39 is 10.0 Å². The molecule has 0 atom stereocenters. The largest absolute Gasteiger partial charge is 0.492 e.